The van der Waals surface area contributed by atoms with E-state index in [9.17, 15) is 45.0 Å². The van der Waals surface area contributed by atoms with Crippen LogP contribution in [-0.2, 0) is 40.2 Å². The molecule has 1 unspecified atom stereocenters. The number of carbonyl (C=O) groups excluding carboxylic acids is 3. The van der Waals surface area contributed by atoms with Crippen LogP contribution in [0.15, 0.2) is 0 Å². The minimum atomic E-state index is -1.81. The number of nitrogens with two attached hydrogens (primary N) is 2. The second-order valence-electron chi connectivity index (χ2n) is 8.04. The van der Waals surface area contributed by atoms with E-state index in [1.807, 2.05) is 0 Å². The van der Waals surface area contributed by atoms with E-state index in [1.54, 1.807) is 0 Å². The molecule has 1 amide bonds. The molecule has 0 radical (unpaired) electrons. The van der Waals surface area contributed by atoms with E-state index in [1.165, 1.54) is 12.8 Å². The van der Waals surface area contributed by atoms with E-state index in [2.05, 4.69) is 5.32 Å². The first-order valence-corrected chi connectivity index (χ1v) is 10.5. The van der Waals surface area contributed by atoms with E-state index in [0.29, 0.717) is 0 Å². The Balaban J connectivity index is 0.000000956. The van der Waals surface area contributed by atoms with E-state index < -0.39 is 54.5 Å². The first kappa shape index (κ1) is 31.8. The fourth-order valence-corrected chi connectivity index (χ4v) is 3.39. The maximum absolute atomic E-state index is 11.6. The third-order valence-electron chi connectivity index (χ3n) is 5.53. The molecule has 2 fully saturated rings. The predicted molar refractivity (Wildman–Crippen MR) is 104 cm³/mol. The Bertz CT molecular complexity index is 605. The van der Waals surface area contributed by atoms with Gasteiger partial charge in [0.1, 0.15) is 24.4 Å². The smallest absolute Gasteiger partial charge is 0.549 e. The van der Waals surface area contributed by atoms with Crippen molar-refractivity contribution in [2.24, 2.45) is 17.4 Å². The topological polar surface area (TPSA) is 252 Å². The molecule has 1 aliphatic heterocycles. The van der Waals surface area contributed by atoms with Crippen molar-refractivity contribution in [1.29, 1.82) is 0 Å². The van der Waals surface area contributed by atoms with Crippen LogP contribution in [-0.4, -0.2) is 87.6 Å². The third-order valence-corrected chi connectivity index (χ3v) is 5.53. The van der Waals surface area contributed by atoms with Gasteiger partial charge in [-0.1, -0.05) is 12.8 Å². The molecule has 1 aliphatic carbocycles. The summed E-state index contributed by atoms with van der Waals surface area (Å²) in [5.41, 5.74) is 11.3. The maximum atomic E-state index is 11.6. The van der Waals surface area contributed by atoms with Crippen molar-refractivity contribution in [2.45, 2.75) is 87.7 Å². The van der Waals surface area contributed by atoms with Crippen LogP contribution in [0, 0.1) is 5.92 Å². The van der Waals surface area contributed by atoms with Crippen molar-refractivity contribution in [3.63, 3.8) is 0 Å². The molecule has 0 spiro atoms. The Morgan fingerprint density at radius 3 is 1.91 bits per heavy atom. The standard InChI is InChI=1S/C13H21NO10.C6H14N2.Pt/c15-7(3-1-2-5(11(19)20)12(21)22)14-4-6-8(16)9(17)10(18)13(23)24-6;7-5-3-1-2-4-6(5)8;/h5-6,8-10,13,16-18,23H,1-4H2,(H,14,15)(H,19,20)(H,21,22);5-6H,1-4,7-8H2;/q;;+2/p-2/t6-,8-,9+,10+,13?;5-,6-;/m11./s1. The Morgan fingerprint density at radius 2 is 1.45 bits per heavy atom. The first-order chi connectivity index (χ1) is 15.0. The number of carboxylic acids is 2. The monoisotopic (exact) mass is 658 g/mol. The molecule has 9 N–H and O–H groups in total. The van der Waals surface area contributed by atoms with E-state index in [0.717, 1.165) is 12.8 Å². The van der Waals surface area contributed by atoms with Crippen LogP contribution >= 0.6 is 0 Å². The molecule has 0 bridgehead atoms. The molecule has 2 aliphatic rings. The summed E-state index contributed by atoms with van der Waals surface area (Å²) in [6, 6.07) is 0.562. The van der Waals surface area contributed by atoms with Crippen LogP contribution in [0.1, 0.15) is 44.9 Å². The maximum Gasteiger partial charge on any atom is 2.00 e. The summed E-state index contributed by atoms with van der Waals surface area (Å²) in [5.74, 6) is -5.99. The average Bonchev–Trinajstić information content (AvgIpc) is 2.73. The summed E-state index contributed by atoms with van der Waals surface area (Å²) in [7, 11) is 0. The summed E-state index contributed by atoms with van der Waals surface area (Å²) in [6.45, 7) is -0.286. The molecular formula is C19H33N3O10Pt. The Kier molecular flexibility index (Phi) is 15.1. The minimum Gasteiger partial charge on any atom is -0.549 e. The number of hydrogen-bond donors (Lipinski definition) is 7. The van der Waals surface area contributed by atoms with E-state index in [4.69, 9.17) is 16.2 Å². The molecule has 1 saturated carbocycles. The summed E-state index contributed by atoms with van der Waals surface area (Å²) in [4.78, 5) is 32.6. The van der Waals surface area contributed by atoms with Crippen molar-refractivity contribution in [1.82, 2.24) is 5.32 Å². The van der Waals surface area contributed by atoms with E-state index >= 15 is 0 Å². The minimum absolute atomic E-state index is 0. The van der Waals surface area contributed by atoms with Crippen molar-refractivity contribution in [3.05, 3.63) is 0 Å². The van der Waals surface area contributed by atoms with Gasteiger partial charge in [0.2, 0.25) is 5.91 Å². The van der Waals surface area contributed by atoms with Gasteiger partial charge in [-0.25, -0.2) is 0 Å². The van der Waals surface area contributed by atoms with Gasteiger partial charge in [-0.2, -0.15) is 0 Å². The van der Waals surface area contributed by atoms with Crippen LogP contribution in [0.3, 0.4) is 0 Å². The van der Waals surface area contributed by atoms with Crippen LogP contribution in [0.25, 0.3) is 0 Å². The first-order valence-electron chi connectivity index (χ1n) is 10.5. The normalized spacial score (nSPS) is 31.5. The number of hydrogen-bond acceptors (Lipinski definition) is 12. The van der Waals surface area contributed by atoms with Crippen LogP contribution in [0.2, 0.25) is 0 Å². The molecule has 0 aromatic heterocycles. The second kappa shape index (κ2) is 15.7. The number of nitrogens with one attached hydrogen (secondary N) is 1. The number of carbonyl (C=O) groups is 3. The predicted octanol–water partition coefficient (Wildman–Crippen LogP) is -5.60. The number of rotatable bonds is 8. The van der Waals surface area contributed by atoms with Gasteiger partial charge in [0.05, 0.1) is 11.9 Å². The molecule has 0 aromatic carbocycles. The molecule has 13 nitrogen and oxygen atoms in total. The van der Waals surface area contributed by atoms with Crippen LogP contribution in [0.4, 0.5) is 0 Å². The molecule has 2 rings (SSSR count). The van der Waals surface area contributed by atoms with Crippen molar-refractivity contribution >= 4 is 17.8 Å². The molecule has 33 heavy (non-hydrogen) atoms. The Hall–Kier alpha value is -1.18. The van der Waals surface area contributed by atoms with Gasteiger partial charge < -0.3 is 61.7 Å². The quantitative estimate of drug-likeness (QED) is 0.121. The van der Waals surface area contributed by atoms with Crippen molar-refractivity contribution < 1.29 is 70.8 Å². The summed E-state index contributed by atoms with van der Waals surface area (Å²) < 4.78 is 4.85. The van der Waals surface area contributed by atoms with Gasteiger partial charge >= 0.3 is 21.1 Å². The number of aliphatic hydroxyl groups excluding tert-OH is 4. The zero-order valence-corrected chi connectivity index (χ0v) is 20.3. The molecule has 1 saturated heterocycles. The third kappa shape index (κ3) is 10.7. The molecule has 1 heterocycles. The second-order valence-corrected chi connectivity index (χ2v) is 8.04. The van der Waals surface area contributed by atoms with Crippen molar-refractivity contribution in [2.75, 3.05) is 6.54 Å². The molecule has 7 atom stereocenters. The molecule has 0 aromatic rings. The Labute approximate surface area is 205 Å². The number of aliphatic hydroxyl groups is 4. The molecular weight excluding hydrogens is 625 g/mol. The SMILES string of the molecule is N[C@@H]1CCCC[C@H]1N.O=C(CCCC(C(=O)[O-])C(=O)[O-])NC[C@H]1OC(O)[C@@H](O)[C@@H](O)[C@@H]1O.[Pt+2]. The van der Waals surface area contributed by atoms with Crippen LogP contribution < -0.4 is 27.0 Å². The van der Waals surface area contributed by atoms with E-state index in [-0.39, 0.29) is 59.0 Å². The van der Waals surface area contributed by atoms with Crippen molar-refractivity contribution in [3.8, 4) is 0 Å². The molecule has 194 valence electrons. The number of aliphatic carboxylic acids is 2. The fraction of sp³-hybridized carbons (Fsp3) is 0.842. The number of amides is 1. The fourth-order valence-electron chi connectivity index (χ4n) is 3.39. The number of ether oxygens (including phenoxy) is 1. The summed E-state index contributed by atoms with van der Waals surface area (Å²) in [5, 5.41) is 61.1. The number of carboxylic acid groups (broad SMARTS) is 2. The van der Waals surface area contributed by atoms with Crippen LogP contribution in [0.5, 0.6) is 0 Å². The summed E-state index contributed by atoms with van der Waals surface area (Å²) >= 11 is 0. The van der Waals surface area contributed by atoms with Gasteiger partial charge in [-0.3, -0.25) is 4.79 Å². The molecule has 14 heteroatoms. The van der Waals surface area contributed by atoms with Gasteiger partial charge in [0.25, 0.3) is 0 Å². The summed E-state index contributed by atoms with van der Waals surface area (Å²) in [6.07, 6.45) is -3.57. The van der Waals surface area contributed by atoms with Gasteiger partial charge in [-0.05, 0) is 25.7 Å². The average molecular weight is 659 g/mol. The zero-order chi connectivity index (χ0) is 24.4. The largest absolute Gasteiger partial charge is 2.00 e. The van der Waals surface area contributed by atoms with Gasteiger partial charge in [-0.15, -0.1) is 0 Å². The zero-order valence-electron chi connectivity index (χ0n) is 18.0. The Morgan fingerprint density at radius 1 is 0.939 bits per heavy atom. The van der Waals surface area contributed by atoms with Gasteiger partial charge in [0.15, 0.2) is 6.29 Å². The van der Waals surface area contributed by atoms with Gasteiger partial charge in [0, 0.05) is 31.0 Å².